The van der Waals surface area contributed by atoms with Crippen LogP contribution in [-0.4, -0.2) is 35.4 Å². The Morgan fingerprint density at radius 2 is 2.05 bits per heavy atom. The third-order valence-electron chi connectivity index (χ3n) is 3.80. The van der Waals surface area contributed by atoms with Gasteiger partial charge in [0.05, 0.1) is 17.9 Å². The minimum Gasteiger partial charge on any atom is -0.275 e. The number of rotatable bonds is 5. The molecule has 6 heteroatoms. The molecule has 0 aliphatic heterocycles. The highest BCUT2D eigenvalue weighted by atomic mass is 32.2. The molecule has 0 bridgehead atoms. The van der Waals surface area contributed by atoms with Crippen LogP contribution in [-0.2, 0) is 20.6 Å². The fourth-order valence-corrected chi connectivity index (χ4v) is 3.42. The Morgan fingerprint density at radius 3 is 2.68 bits per heavy atom. The first-order chi connectivity index (χ1) is 10.5. The van der Waals surface area contributed by atoms with Crippen LogP contribution in [0.4, 0.5) is 0 Å². The van der Waals surface area contributed by atoms with Gasteiger partial charge in [0.2, 0.25) is 0 Å². The summed E-state index contributed by atoms with van der Waals surface area (Å²) in [6.07, 6.45) is 5.48. The Morgan fingerprint density at radius 1 is 1.36 bits per heavy atom. The van der Waals surface area contributed by atoms with E-state index in [2.05, 4.69) is 4.72 Å². The van der Waals surface area contributed by atoms with Gasteiger partial charge in [0.25, 0.3) is 5.91 Å². The van der Waals surface area contributed by atoms with Gasteiger partial charge in [-0.2, -0.15) is 0 Å². The van der Waals surface area contributed by atoms with Crippen LogP contribution in [0.15, 0.2) is 41.3 Å². The van der Waals surface area contributed by atoms with Gasteiger partial charge in [-0.15, -0.1) is 0 Å². The molecule has 1 N–H and O–H groups in total. The van der Waals surface area contributed by atoms with E-state index in [-0.39, 0.29) is 17.9 Å². The SMILES string of the molecule is CON(C)C(=O)[C@@H]1CCC=C[C@@H]1N[S@@](=O)c1ccc(C)cc1. The standard InChI is InChI=1S/C16H22N2O3S/c1-12-8-10-13(11-9-12)22(20)17-15-7-5-4-6-14(15)16(19)18(2)21-3/h5,7-11,14-15,17H,4,6H2,1-3H3/t14-,15+,22+/m1/s1. The van der Waals surface area contributed by atoms with Crippen molar-refractivity contribution in [3.05, 3.63) is 42.0 Å². The lowest BCUT2D eigenvalue weighted by Gasteiger charge is -2.29. The minimum atomic E-state index is -1.35. The lowest BCUT2D eigenvalue weighted by molar-refractivity contribution is -0.174. The van der Waals surface area contributed by atoms with E-state index in [1.54, 1.807) is 7.05 Å². The molecule has 1 amide bonds. The molecule has 120 valence electrons. The molecule has 0 aromatic heterocycles. The van der Waals surface area contributed by atoms with E-state index >= 15 is 0 Å². The van der Waals surface area contributed by atoms with Gasteiger partial charge in [0, 0.05) is 13.1 Å². The van der Waals surface area contributed by atoms with E-state index in [0.717, 1.165) is 12.0 Å². The first-order valence-electron chi connectivity index (χ1n) is 7.26. The van der Waals surface area contributed by atoms with E-state index in [9.17, 15) is 9.00 Å². The summed E-state index contributed by atoms with van der Waals surface area (Å²) in [7, 11) is 1.70. The zero-order valence-electron chi connectivity index (χ0n) is 13.1. The molecule has 1 aromatic carbocycles. The predicted molar refractivity (Wildman–Crippen MR) is 86.2 cm³/mol. The van der Waals surface area contributed by atoms with Crippen molar-refractivity contribution in [2.45, 2.75) is 30.7 Å². The maximum atomic E-state index is 12.4. The summed E-state index contributed by atoms with van der Waals surface area (Å²) in [4.78, 5) is 18.0. The maximum absolute atomic E-state index is 12.4. The molecule has 1 aromatic rings. The summed E-state index contributed by atoms with van der Waals surface area (Å²) in [5, 5.41) is 1.23. The third kappa shape index (κ3) is 4.03. The minimum absolute atomic E-state index is 0.106. The summed E-state index contributed by atoms with van der Waals surface area (Å²) < 4.78 is 15.5. The second-order valence-corrected chi connectivity index (χ2v) is 6.60. The summed E-state index contributed by atoms with van der Waals surface area (Å²) in [5.74, 6) is -0.380. The van der Waals surface area contributed by atoms with Crippen LogP contribution < -0.4 is 4.72 Å². The van der Waals surface area contributed by atoms with Gasteiger partial charge in [0.15, 0.2) is 0 Å². The molecule has 0 saturated carbocycles. The van der Waals surface area contributed by atoms with Crippen LogP contribution in [0.25, 0.3) is 0 Å². The quantitative estimate of drug-likeness (QED) is 0.666. The highest BCUT2D eigenvalue weighted by molar-refractivity contribution is 7.83. The number of carbonyl (C=O) groups excluding carboxylic acids is 1. The van der Waals surface area contributed by atoms with E-state index in [1.165, 1.54) is 12.2 Å². The van der Waals surface area contributed by atoms with Gasteiger partial charge >= 0.3 is 0 Å². The van der Waals surface area contributed by atoms with Crippen molar-refractivity contribution in [2.75, 3.05) is 14.2 Å². The van der Waals surface area contributed by atoms with Gasteiger partial charge in [-0.3, -0.25) is 9.63 Å². The Bertz CT molecular complexity index is 571. The molecule has 0 saturated heterocycles. The molecule has 0 fully saturated rings. The fourth-order valence-electron chi connectivity index (χ4n) is 2.41. The van der Waals surface area contributed by atoms with Crippen LogP contribution in [0.2, 0.25) is 0 Å². The van der Waals surface area contributed by atoms with Crippen molar-refractivity contribution in [3.8, 4) is 0 Å². The van der Waals surface area contributed by atoms with Crippen LogP contribution >= 0.6 is 0 Å². The average molecular weight is 322 g/mol. The van der Waals surface area contributed by atoms with Crippen LogP contribution in [0.1, 0.15) is 18.4 Å². The lowest BCUT2D eigenvalue weighted by atomic mass is 9.89. The Kier molecular flexibility index (Phi) is 5.88. The zero-order valence-corrected chi connectivity index (χ0v) is 13.9. The molecule has 3 atom stereocenters. The fraction of sp³-hybridized carbons (Fsp3) is 0.438. The number of hydroxylamine groups is 2. The maximum Gasteiger partial charge on any atom is 0.250 e. The molecule has 0 spiro atoms. The van der Waals surface area contributed by atoms with E-state index in [0.29, 0.717) is 11.3 Å². The van der Waals surface area contributed by atoms with Crippen molar-refractivity contribution in [1.82, 2.24) is 9.79 Å². The summed E-state index contributed by atoms with van der Waals surface area (Å²) in [6, 6.07) is 7.26. The number of nitrogens with zero attached hydrogens (tertiary/aromatic N) is 1. The van der Waals surface area contributed by atoms with Crippen molar-refractivity contribution in [1.29, 1.82) is 0 Å². The molecule has 1 aliphatic rings. The van der Waals surface area contributed by atoms with Crippen molar-refractivity contribution in [3.63, 3.8) is 0 Å². The first-order valence-corrected chi connectivity index (χ1v) is 8.41. The van der Waals surface area contributed by atoms with Crippen molar-refractivity contribution >= 4 is 16.9 Å². The van der Waals surface area contributed by atoms with Gasteiger partial charge in [-0.05, 0) is 31.9 Å². The molecule has 0 radical (unpaired) electrons. The highest BCUT2D eigenvalue weighted by Crippen LogP contribution is 2.22. The van der Waals surface area contributed by atoms with Crippen molar-refractivity contribution < 1.29 is 13.8 Å². The molecule has 0 heterocycles. The number of aryl methyl sites for hydroxylation is 1. The molecular formula is C16H22N2O3S. The van der Waals surface area contributed by atoms with Crippen LogP contribution in [0.3, 0.4) is 0 Å². The van der Waals surface area contributed by atoms with Crippen LogP contribution in [0, 0.1) is 12.8 Å². The molecule has 5 nitrogen and oxygen atoms in total. The largest absolute Gasteiger partial charge is 0.275 e. The molecule has 1 aliphatic carbocycles. The Labute approximate surface area is 133 Å². The Balaban J connectivity index is 2.09. The van der Waals surface area contributed by atoms with Crippen LogP contribution in [0.5, 0.6) is 0 Å². The topological polar surface area (TPSA) is 58.6 Å². The average Bonchev–Trinajstić information content (AvgIpc) is 2.54. The summed E-state index contributed by atoms with van der Waals surface area (Å²) >= 11 is 0. The number of allylic oxidation sites excluding steroid dienone is 1. The first kappa shape index (κ1) is 16.9. The van der Waals surface area contributed by atoms with E-state index in [4.69, 9.17) is 4.84 Å². The number of carbonyl (C=O) groups is 1. The normalized spacial score (nSPS) is 22.3. The van der Waals surface area contributed by atoms with Gasteiger partial charge in [-0.1, -0.05) is 29.8 Å². The lowest BCUT2D eigenvalue weighted by Crippen LogP contribution is -2.45. The summed E-state index contributed by atoms with van der Waals surface area (Å²) in [5.41, 5.74) is 1.12. The van der Waals surface area contributed by atoms with Gasteiger partial charge in [0.1, 0.15) is 11.0 Å². The monoisotopic (exact) mass is 322 g/mol. The molecule has 2 rings (SSSR count). The predicted octanol–water partition coefficient (Wildman–Crippen LogP) is 1.96. The smallest absolute Gasteiger partial charge is 0.250 e. The van der Waals surface area contributed by atoms with Crippen molar-refractivity contribution in [2.24, 2.45) is 5.92 Å². The third-order valence-corrected chi connectivity index (χ3v) is 4.99. The van der Waals surface area contributed by atoms with E-state index in [1.807, 2.05) is 43.3 Å². The second kappa shape index (κ2) is 7.67. The van der Waals surface area contributed by atoms with Gasteiger partial charge in [-0.25, -0.2) is 14.0 Å². The molecule has 0 unspecified atom stereocenters. The van der Waals surface area contributed by atoms with Gasteiger partial charge < -0.3 is 0 Å². The number of hydrogen-bond donors (Lipinski definition) is 1. The summed E-state index contributed by atoms with van der Waals surface area (Å²) in [6.45, 7) is 1.99. The number of amides is 1. The Hall–Kier alpha value is -1.50. The number of benzene rings is 1. The number of hydrogen-bond acceptors (Lipinski definition) is 3. The van der Waals surface area contributed by atoms with E-state index < -0.39 is 11.0 Å². The zero-order chi connectivity index (χ0) is 16.1. The number of nitrogens with one attached hydrogen (secondary N) is 1. The second-order valence-electron chi connectivity index (χ2n) is 5.36. The molecular weight excluding hydrogens is 300 g/mol. The highest BCUT2D eigenvalue weighted by Gasteiger charge is 2.31. The molecule has 22 heavy (non-hydrogen) atoms.